The summed E-state index contributed by atoms with van der Waals surface area (Å²) in [6, 6.07) is 9.27. The largest absolute Gasteiger partial charge is 0.359 e. The molecule has 1 aromatic heterocycles. The summed E-state index contributed by atoms with van der Waals surface area (Å²) in [5.74, 6) is -0.323. The topological polar surface area (TPSA) is 82.6 Å². The van der Waals surface area contributed by atoms with Gasteiger partial charge < -0.3 is 9.80 Å². The first-order valence-corrected chi connectivity index (χ1v) is 12.6. The fourth-order valence-corrected chi connectivity index (χ4v) is 6.14. The van der Waals surface area contributed by atoms with Crippen molar-refractivity contribution in [3.05, 3.63) is 64.9 Å². The van der Waals surface area contributed by atoms with E-state index in [1.54, 1.807) is 29.3 Å². The molecule has 3 aromatic rings. The van der Waals surface area contributed by atoms with Crippen LogP contribution in [0.1, 0.15) is 20.4 Å². The number of benzene rings is 2. The minimum absolute atomic E-state index is 0. The average molecular weight is 477 g/mol. The molecule has 3 heterocycles. The van der Waals surface area contributed by atoms with Crippen molar-refractivity contribution < 1.29 is 20.5 Å². The van der Waals surface area contributed by atoms with Crippen molar-refractivity contribution >= 4 is 43.8 Å². The molecule has 0 radical (unpaired) electrons. The van der Waals surface area contributed by atoms with Crippen LogP contribution in [0.3, 0.4) is 0 Å². The lowest BCUT2D eigenvalue weighted by Gasteiger charge is -2.26. The van der Waals surface area contributed by atoms with Gasteiger partial charge in [-0.1, -0.05) is 6.07 Å². The van der Waals surface area contributed by atoms with Crippen LogP contribution in [0, 0.1) is 12.7 Å². The van der Waals surface area contributed by atoms with E-state index >= 15 is 0 Å². The summed E-state index contributed by atoms with van der Waals surface area (Å²) in [4.78, 5) is 20.9. The smallest absolute Gasteiger partial charge is 0.263 e. The standard InChI is InChI=1S/C22H21FN4O3S2.2H2/c1-14-12-15-6-9-27(20(15)13-18(14)23)19-7-10-26(21(19)28)16-2-4-17(5-3-16)32(29,30)25-22-24-8-11-31-22;;/h2-5,8,11-13,19H,6-7,9-10H2,1H3,(H,24,25);2*1H/t19-;;/m0../s1. The Morgan fingerprint density at radius 3 is 2.72 bits per heavy atom. The van der Waals surface area contributed by atoms with Gasteiger partial charge in [-0.25, -0.2) is 17.8 Å². The number of hydrogen-bond acceptors (Lipinski definition) is 6. The fourth-order valence-electron chi connectivity index (χ4n) is 4.35. The molecule has 32 heavy (non-hydrogen) atoms. The third kappa shape index (κ3) is 3.63. The van der Waals surface area contributed by atoms with Gasteiger partial charge in [0.2, 0.25) is 5.91 Å². The van der Waals surface area contributed by atoms with Crippen molar-refractivity contribution in [2.24, 2.45) is 0 Å². The van der Waals surface area contributed by atoms with Gasteiger partial charge in [0.25, 0.3) is 10.0 Å². The number of amides is 1. The van der Waals surface area contributed by atoms with Crippen LogP contribution < -0.4 is 14.5 Å². The van der Waals surface area contributed by atoms with Crippen molar-refractivity contribution in [3.63, 3.8) is 0 Å². The van der Waals surface area contributed by atoms with Crippen molar-refractivity contribution in [1.29, 1.82) is 0 Å². The summed E-state index contributed by atoms with van der Waals surface area (Å²) in [5.41, 5.74) is 3.12. The summed E-state index contributed by atoms with van der Waals surface area (Å²) in [6.07, 6.45) is 2.94. The minimum Gasteiger partial charge on any atom is -0.359 e. The van der Waals surface area contributed by atoms with E-state index < -0.39 is 10.0 Å². The summed E-state index contributed by atoms with van der Waals surface area (Å²) in [7, 11) is -3.75. The molecule has 1 atom stereocenters. The highest BCUT2D eigenvalue weighted by atomic mass is 32.2. The Labute approximate surface area is 192 Å². The lowest BCUT2D eigenvalue weighted by atomic mass is 10.1. The molecule has 2 aromatic carbocycles. The van der Waals surface area contributed by atoms with Crippen molar-refractivity contribution in [1.82, 2.24) is 4.98 Å². The lowest BCUT2D eigenvalue weighted by Crippen LogP contribution is -2.41. The number of carbonyl (C=O) groups excluding carboxylic acids is 1. The molecule has 0 unspecified atom stereocenters. The number of thiazole rings is 1. The fraction of sp³-hybridized carbons (Fsp3) is 0.273. The number of halogens is 1. The number of nitrogens with zero attached hydrogens (tertiary/aromatic N) is 3. The normalized spacial score (nSPS) is 18.3. The second-order valence-corrected chi connectivity index (χ2v) is 10.5. The molecule has 5 rings (SSSR count). The Morgan fingerprint density at radius 2 is 2.00 bits per heavy atom. The maximum atomic E-state index is 14.1. The van der Waals surface area contributed by atoms with Gasteiger partial charge in [0.1, 0.15) is 11.9 Å². The quantitative estimate of drug-likeness (QED) is 0.601. The zero-order chi connectivity index (χ0) is 22.5. The second-order valence-electron chi connectivity index (χ2n) is 7.90. The third-order valence-electron chi connectivity index (χ3n) is 5.96. The van der Waals surface area contributed by atoms with E-state index in [4.69, 9.17) is 0 Å². The molecule has 1 N–H and O–H groups in total. The average Bonchev–Trinajstić information content (AvgIpc) is 3.49. The zero-order valence-electron chi connectivity index (χ0n) is 17.3. The molecule has 10 heteroatoms. The number of sulfonamides is 1. The van der Waals surface area contributed by atoms with E-state index in [2.05, 4.69) is 9.71 Å². The van der Waals surface area contributed by atoms with Crippen LogP contribution in [0.15, 0.2) is 52.9 Å². The minimum atomic E-state index is -3.75. The van der Waals surface area contributed by atoms with E-state index in [1.807, 2.05) is 11.0 Å². The van der Waals surface area contributed by atoms with Crippen LogP contribution in [0.25, 0.3) is 0 Å². The Bertz CT molecular complexity index is 1290. The molecule has 2 aliphatic rings. The Hall–Kier alpha value is -2.98. The summed E-state index contributed by atoms with van der Waals surface area (Å²) in [6.45, 7) is 2.95. The molecule has 0 aliphatic carbocycles. The van der Waals surface area contributed by atoms with Gasteiger partial charge in [-0.3, -0.25) is 9.52 Å². The van der Waals surface area contributed by atoms with Gasteiger partial charge in [-0.15, -0.1) is 11.3 Å². The molecule has 0 spiro atoms. The van der Waals surface area contributed by atoms with Gasteiger partial charge in [-0.05, 0) is 61.2 Å². The Morgan fingerprint density at radius 1 is 1.22 bits per heavy atom. The van der Waals surface area contributed by atoms with Gasteiger partial charge >= 0.3 is 0 Å². The summed E-state index contributed by atoms with van der Waals surface area (Å²) in [5, 5.41) is 1.98. The summed E-state index contributed by atoms with van der Waals surface area (Å²) >= 11 is 1.19. The Balaban J connectivity index is 0.00000162. The first kappa shape index (κ1) is 20.9. The van der Waals surface area contributed by atoms with E-state index in [-0.39, 0.29) is 25.5 Å². The van der Waals surface area contributed by atoms with Crippen LogP contribution in [0.5, 0.6) is 0 Å². The first-order chi connectivity index (χ1) is 15.3. The third-order valence-corrected chi connectivity index (χ3v) is 8.13. The number of nitrogens with one attached hydrogen (secondary N) is 1. The predicted molar refractivity (Wildman–Crippen MR) is 127 cm³/mol. The molecule has 1 fully saturated rings. The van der Waals surface area contributed by atoms with Gasteiger partial charge in [0.15, 0.2) is 5.13 Å². The first-order valence-electron chi connectivity index (χ1n) is 10.2. The van der Waals surface area contributed by atoms with E-state index in [1.165, 1.54) is 35.7 Å². The number of fused-ring (bicyclic) bond motifs is 1. The highest BCUT2D eigenvalue weighted by Gasteiger charge is 2.39. The highest BCUT2D eigenvalue weighted by Crippen LogP contribution is 2.35. The van der Waals surface area contributed by atoms with Crippen molar-refractivity contribution in [2.75, 3.05) is 27.6 Å². The number of aryl methyl sites for hydroxylation is 1. The molecule has 1 amide bonds. The van der Waals surface area contributed by atoms with Crippen LogP contribution in [-0.2, 0) is 21.2 Å². The Kier molecular flexibility index (Phi) is 5.13. The van der Waals surface area contributed by atoms with Crippen LogP contribution in [-0.4, -0.2) is 38.4 Å². The SMILES string of the molecule is Cc1cc2c(cc1F)N([C@H]1CCN(c3ccc(S(=O)(=O)Nc4nccs4)cc3)C1=O)CC2.[HH].[HH]. The van der Waals surface area contributed by atoms with Gasteiger partial charge in [0, 0.05) is 38.9 Å². The lowest BCUT2D eigenvalue weighted by molar-refractivity contribution is -0.118. The van der Waals surface area contributed by atoms with E-state index in [9.17, 15) is 17.6 Å². The number of rotatable bonds is 5. The van der Waals surface area contributed by atoms with Gasteiger partial charge in [-0.2, -0.15) is 0 Å². The highest BCUT2D eigenvalue weighted by molar-refractivity contribution is 7.93. The van der Waals surface area contributed by atoms with E-state index in [0.717, 1.165) is 17.7 Å². The van der Waals surface area contributed by atoms with Crippen LogP contribution >= 0.6 is 11.3 Å². The number of carbonyl (C=O) groups is 1. The number of aromatic nitrogens is 1. The molecule has 2 aliphatic heterocycles. The molecular formula is C22H25FN4O3S2. The maximum Gasteiger partial charge on any atom is 0.263 e. The summed E-state index contributed by atoms with van der Waals surface area (Å²) < 4.78 is 41.6. The van der Waals surface area contributed by atoms with Crippen LogP contribution in [0.2, 0.25) is 0 Å². The molecular weight excluding hydrogens is 451 g/mol. The molecule has 7 nitrogen and oxygen atoms in total. The maximum absolute atomic E-state index is 14.1. The second kappa shape index (κ2) is 7.86. The monoisotopic (exact) mass is 476 g/mol. The predicted octanol–water partition coefficient (Wildman–Crippen LogP) is 4.05. The molecule has 0 saturated carbocycles. The molecule has 0 bridgehead atoms. The zero-order valence-corrected chi connectivity index (χ0v) is 18.9. The number of anilines is 3. The van der Waals surface area contributed by atoms with Gasteiger partial charge in [0.05, 0.1) is 4.90 Å². The van der Waals surface area contributed by atoms with E-state index in [0.29, 0.717) is 35.9 Å². The molecule has 170 valence electrons. The molecule has 1 saturated heterocycles. The number of hydrogen-bond donors (Lipinski definition) is 1. The van der Waals surface area contributed by atoms with Crippen molar-refractivity contribution in [2.45, 2.75) is 30.7 Å². The van der Waals surface area contributed by atoms with Crippen LogP contribution in [0.4, 0.5) is 20.9 Å². The van der Waals surface area contributed by atoms with Crippen molar-refractivity contribution in [3.8, 4) is 0 Å².